The van der Waals surface area contributed by atoms with E-state index in [2.05, 4.69) is 42.8 Å². The van der Waals surface area contributed by atoms with Crippen LogP contribution in [0.4, 0.5) is 5.82 Å². The normalized spacial score (nSPS) is 10.5. The summed E-state index contributed by atoms with van der Waals surface area (Å²) in [7, 11) is 0. The molecule has 7 nitrogen and oxygen atoms in total. The Balaban J connectivity index is 2.11. The Morgan fingerprint density at radius 1 is 1.41 bits per heavy atom. The summed E-state index contributed by atoms with van der Waals surface area (Å²) in [6.07, 6.45) is 3.23. The van der Waals surface area contributed by atoms with Crippen molar-refractivity contribution in [3.8, 4) is 0 Å². The SMILES string of the molecule is CCCc1c(Cl)ncnc1NCc1nn[nH]n1. The van der Waals surface area contributed by atoms with E-state index in [1.54, 1.807) is 0 Å². The van der Waals surface area contributed by atoms with Gasteiger partial charge in [0.05, 0.1) is 6.54 Å². The molecule has 0 aliphatic carbocycles. The van der Waals surface area contributed by atoms with Gasteiger partial charge in [-0.3, -0.25) is 0 Å². The third-order valence-corrected chi connectivity index (χ3v) is 2.52. The number of hydrogen-bond acceptors (Lipinski definition) is 6. The molecule has 0 amide bonds. The van der Waals surface area contributed by atoms with Gasteiger partial charge < -0.3 is 5.32 Å². The van der Waals surface area contributed by atoms with Crippen LogP contribution in [0.2, 0.25) is 5.15 Å². The monoisotopic (exact) mass is 253 g/mol. The van der Waals surface area contributed by atoms with Crippen molar-refractivity contribution in [1.82, 2.24) is 30.6 Å². The summed E-state index contributed by atoms with van der Waals surface area (Å²) in [6, 6.07) is 0. The van der Waals surface area contributed by atoms with Gasteiger partial charge in [-0.05, 0) is 6.42 Å². The molecule has 0 saturated heterocycles. The van der Waals surface area contributed by atoms with Gasteiger partial charge in [-0.1, -0.05) is 30.2 Å². The molecule has 2 aromatic heterocycles. The van der Waals surface area contributed by atoms with E-state index in [9.17, 15) is 0 Å². The second-order valence-electron chi connectivity index (χ2n) is 3.42. The summed E-state index contributed by atoms with van der Waals surface area (Å²) >= 11 is 6.03. The number of nitrogens with one attached hydrogen (secondary N) is 2. The van der Waals surface area contributed by atoms with Crippen LogP contribution < -0.4 is 5.32 Å². The fourth-order valence-corrected chi connectivity index (χ4v) is 1.66. The first-order chi connectivity index (χ1) is 8.31. The van der Waals surface area contributed by atoms with Gasteiger partial charge in [0.25, 0.3) is 0 Å². The van der Waals surface area contributed by atoms with Crippen LogP contribution in [-0.4, -0.2) is 30.6 Å². The molecule has 0 aliphatic rings. The van der Waals surface area contributed by atoms with Crippen molar-refractivity contribution in [2.75, 3.05) is 5.32 Å². The van der Waals surface area contributed by atoms with E-state index in [4.69, 9.17) is 11.6 Å². The highest BCUT2D eigenvalue weighted by Gasteiger charge is 2.09. The fraction of sp³-hybridized carbons (Fsp3) is 0.444. The van der Waals surface area contributed by atoms with Gasteiger partial charge in [-0.2, -0.15) is 5.21 Å². The van der Waals surface area contributed by atoms with E-state index in [0.717, 1.165) is 24.2 Å². The number of aromatic nitrogens is 6. The van der Waals surface area contributed by atoms with Crippen molar-refractivity contribution in [3.63, 3.8) is 0 Å². The molecule has 2 heterocycles. The smallest absolute Gasteiger partial charge is 0.193 e. The molecule has 17 heavy (non-hydrogen) atoms. The maximum Gasteiger partial charge on any atom is 0.193 e. The molecular weight excluding hydrogens is 242 g/mol. The molecule has 8 heteroatoms. The molecule has 2 aromatic rings. The summed E-state index contributed by atoms with van der Waals surface area (Å²) in [4.78, 5) is 8.13. The predicted molar refractivity (Wildman–Crippen MR) is 62.5 cm³/mol. The van der Waals surface area contributed by atoms with Crippen molar-refractivity contribution >= 4 is 17.4 Å². The molecule has 0 radical (unpaired) electrons. The van der Waals surface area contributed by atoms with Gasteiger partial charge in [-0.25, -0.2) is 9.97 Å². The maximum atomic E-state index is 6.03. The van der Waals surface area contributed by atoms with E-state index in [-0.39, 0.29) is 0 Å². The summed E-state index contributed by atoms with van der Waals surface area (Å²) in [5.74, 6) is 1.29. The van der Waals surface area contributed by atoms with Gasteiger partial charge in [0.15, 0.2) is 5.82 Å². The standard InChI is InChI=1S/C9H12ClN7/c1-2-3-6-8(10)12-5-13-9(6)11-4-7-14-16-17-15-7/h5H,2-4H2,1H3,(H,11,12,13)(H,14,15,16,17). The zero-order valence-electron chi connectivity index (χ0n) is 9.31. The third-order valence-electron chi connectivity index (χ3n) is 2.20. The van der Waals surface area contributed by atoms with Crippen LogP contribution in [-0.2, 0) is 13.0 Å². The lowest BCUT2D eigenvalue weighted by Crippen LogP contribution is -2.07. The number of nitrogens with zero attached hydrogens (tertiary/aromatic N) is 5. The summed E-state index contributed by atoms with van der Waals surface area (Å²) in [6.45, 7) is 2.52. The highest BCUT2D eigenvalue weighted by molar-refractivity contribution is 6.30. The Labute approximate surface area is 103 Å². The Kier molecular flexibility index (Phi) is 3.81. The lowest BCUT2D eigenvalue weighted by molar-refractivity contribution is 0.881. The Hall–Kier alpha value is -1.76. The Bertz CT molecular complexity index is 470. The lowest BCUT2D eigenvalue weighted by atomic mass is 10.2. The Morgan fingerprint density at radius 3 is 3.00 bits per heavy atom. The van der Waals surface area contributed by atoms with Crippen molar-refractivity contribution in [2.24, 2.45) is 0 Å². The first-order valence-electron chi connectivity index (χ1n) is 5.26. The van der Waals surface area contributed by atoms with Crippen LogP contribution in [0.1, 0.15) is 24.7 Å². The lowest BCUT2D eigenvalue weighted by Gasteiger charge is -2.09. The van der Waals surface area contributed by atoms with Crippen LogP contribution in [0.25, 0.3) is 0 Å². The van der Waals surface area contributed by atoms with Crippen molar-refractivity contribution in [3.05, 3.63) is 22.9 Å². The third kappa shape index (κ3) is 2.88. The molecule has 0 atom stereocenters. The molecule has 2 rings (SSSR count). The van der Waals surface area contributed by atoms with E-state index in [1.165, 1.54) is 6.33 Å². The summed E-state index contributed by atoms with van der Waals surface area (Å²) < 4.78 is 0. The highest BCUT2D eigenvalue weighted by Crippen LogP contribution is 2.21. The van der Waals surface area contributed by atoms with Gasteiger partial charge in [0.1, 0.15) is 17.3 Å². The van der Waals surface area contributed by atoms with Crippen LogP contribution in [0.5, 0.6) is 0 Å². The minimum absolute atomic E-state index is 0.445. The highest BCUT2D eigenvalue weighted by atomic mass is 35.5. The van der Waals surface area contributed by atoms with Crippen molar-refractivity contribution in [1.29, 1.82) is 0 Å². The van der Waals surface area contributed by atoms with Gasteiger partial charge in [0.2, 0.25) is 0 Å². The number of aromatic amines is 1. The van der Waals surface area contributed by atoms with Gasteiger partial charge >= 0.3 is 0 Å². The molecule has 90 valence electrons. The number of tetrazole rings is 1. The number of hydrogen-bond donors (Lipinski definition) is 2. The first kappa shape index (κ1) is 11.7. The van der Waals surface area contributed by atoms with Gasteiger partial charge in [0, 0.05) is 5.56 Å². The second-order valence-corrected chi connectivity index (χ2v) is 3.78. The van der Waals surface area contributed by atoms with Crippen LogP contribution in [0.15, 0.2) is 6.33 Å². The zero-order valence-corrected chi connectivity index (χ0v) is 10.1. The molecule has 0 unspecified atom stereocenters. The molecule has 2 N–H and O–H groups in total. The van der Waals surface area contributed by atoms with Crippen LogP contribution in [0, 0.1) is 0 Å². The molecule has 0 saturated carbocycles. The number of halogens is 1. The molecular formula is C9H12ClN7. The first-order valence-corrected chi connectivity index (χ1v) is 5.64. The summed E-state index contributed by atoms with van der Waals surface area (Å²) in [5, 5.41) is 17.2. The topological polar surface area (TPSA) is 92.3 Å². The summed E-state index contributed by atoms with van der Waals surface area (Å²) in [5.41, 5.74) is 0.917. The van der Waals surface area contributed by atoms with Crippen molar-refractivity contribution in [2.45, 2.75) is 26.3 Å². The minimum Gasteiger partial charge on any atom is -0.362 e. The molecule has 0 fully saturated rings. The van der Waals surface area contributed by atoms with Crippen LogP contribution in [0.3, 0.4) is 0 Å². The molecule has 0 aliphatic heterocycles. The quantitative estimate of drug-likeness (QED) is 0.778. The zero-order chi connectivity index (χ0) is 12.1. The van der Waals surface area contributed by atoms with Gasteiger partial charge in [-0.15, -0.1) is 10.2 Å². The average molecular weight is 254 g/mol. The minimum atomic E-state index is 0.445. The fourth-order valence-electron chi connectivity index (χ4n) is 1.43. The number of H-pyrrole nitrogens is 1. The molecule has 0 bridgehead atoms. The molecule has 0 spiro atoms. The van der Waals surface area contributed by atoms with Crippen LogP contribution >= 0.6 is 11.6 Å². The van der Waals surface area contributed by atoms with E-state index in [1.807, 2.05) is 0 Å². The average Bonchev–Trinajstić information content (AvgIpc) is 2.83. The Morgan fingerprint density at radius 2 is 2.29 bits per heavy atom. The second kappa shape index (κ2) is 5.53. The predicted octanol–water partition coefficient (Wildman–Crippen LogP) is 1.21. The van der Waals surface area contributed by atoms with Crippen molar-refractivity contribution < 1.29 is 0 Å². The number of rotatable bonds is 5. The van der Waals surface area contributed by atoms with E-state index in [0.29, 0.717) is 17.5 Å². The maximum absolute atomic E-state index is 6.03. The molecule has 0 aromatic carbocycles. The number of anilines is 1. The largest absolute Gasteiger partial charge is 0.362 e. The van der Waals surface area contributed by atoms with E-state index < -0.39 is 0 Å². The van der Waals surface area contributed by atoms with E-state index >= 15 is 0 Å².